The van der Waals surface area contributed by atoms with E-state index in [0.717, 1.165) is 15.4 Å². The molecule has 1 amide bonds. The summed E-state index contributed by atoms with van der Waals surface area (Å²) >= 11 is 0. The molecular formula is C26H37N3O7S2. The van der Waals surface area contributed by atoms with Gasteiger partial charge in [0.25, 0.3) is 0 Å². The first-order chi connectivity index (χ1) is 17.7. The number of benzene rings is 2. The second-order valence-corrected chi connectivity index (χ2v) is 13.3. The molecule has 0 unspecified atom stereocenters. The lowest BCUT2D eigenvalue weighted by Gasteiger charge is -2.29. The quantitative estimate of drug-likeness (QED) is 0.280. The van der Waals surface area contributed by atoms with Crippen molar-refractivity contribution in [1.82, 2.24) is 14.3 Å². The van der Waals surface area contributed by atoms with E-state index in [4.69, 9.17) is 0 Å². The summed E-state index contributed by atoms with van der Waals surface area (Å²) in [6, 6.07) is 11.2. The summed E-state index contributed by atoms with van der Waals surface area (Å²) in [4.78, 5) is 24.3. The maximum atomic E-state index is 13.3. The van der Waals surface area contributed by atoms with E-state index < -0.39 is 44.5 Å². The van der Waals surface area contributed by atoms with Crippen molar-refractivity contribution in [2.75, 3.05) is 19.6 Å². The van der Waals surface area contributed by atoms with Gasteiger partial charge in [0.15, 0.2) is 0 Å². The number of carbonyl (C=O) groups is 2. The minimum Gasteiger partial charge on any atom is -0.480 e. The van der Waals surface area contributed by atoms with E-state index in [-0.39, 0.29) is 35.2 Å². The van der Waals surface area contributed by atoms with Gasteiger partial charge in [0.1, 0.15) is 6.04 Å². The summed E-state index contributed by atoms with van der Waals surface area (Å²) in [6.07, 6.45) is 0.785. The molecule has 0 radical (unpaired) electrons. The van der Waals surface area contributed by atoms with Crippen molar-refractivity contribution in [3.8, 4) is 0 Å². The minimum atomic E-state index is -4.04. The first kappa shape index (κ1) is 31.4. The highest BCUT2D eigenvalue weighted by Gasteiger charge is 2.36. The van der Waals surface area contributed by atoms with Crippen LogP contribution in [-0.2, 0) is 29.6 Å². The third-order valence-electron chi connectivity index (χ3n) is 5.79. The van der Waals surface area contributed by atoms with Crippen LogP contribution in [0.4, 0.5) is 0 Å². The average molecular weight is 568 g/mol. The number of carbonyl (C=O) groups excluding carboxylic acids is 1. The zero-order valence-corrected chi connectivity index (χ0v) is 23.8. The van der Waals surface area contributed by atoms with Crippen molar-refractivity contribution >= 4 is 31.9 Å². The number of hydrogen-bond acceptors (Lipinski definition) is 6. The number of unbranched alkanes of at least 4 members (excludes halogenated alkanes) is 1. The zero-order chi connectivity index (χ0) is 28.5. The number of carboxylic acid groups (broad SMARTS) is 1. The number of rotatable bonds is 15. The van der Waals surface area contributed by atoms with Gasteiger partial charge in [-0.05, 0) is 63.3 Å². The fourth-order valence-corrected chi connectivity index (χ4v) is 6.46. The van der Waals surface area contributed by atoms with Crippen molar-refractivity contribution in [1.29, 1.82) is 0 Å². The van der Waals surface area contributed by atoms with Gasteiger partial charge in [-0.3, -0.25) is 9.59 Å². The number of hydrogen-bond donors (Lipinski definition) is 3. The predicted molar refractivity (Wildman–Crippen MR) is 145 cm³/mol. The molecule has 0 aliphatic rings. The summed E-state index contributed by atoms with van der Waals surface area (Å²) in [5.74, 6) is -1.87. The van der Waals surface area contributed by atoms with Crippen LogP contribution in [0.25, 0.3) is 0 Å². The Bertz CT molecular complexity index is 1290. The van der Waals surface area contributed by atoms with Crippen LogP contribution in [0.1, 0.15) is 44.2 Å². The van der Waals surface area contributed by atoms with Crippen molar-refractivity contribution in [3.05, 3.63) is 59.7 Å². The molecule has 3 N–H and O–H groups in total. The minimum absolute atomic E-state index is 0.0374. The van der Waals surface area contributed by atoms with Crippen LogP contribution in [0.15, 0.2) is 58.3 Å². The van der Waals surface area contributed by atoms with Gasteiger partial charge in [-0.1, -0.05) is 49.2 Å². The highest BCUT2D eigenvalue weighted by molar-refractivity contribution is 7.89. The molecule has 2 rings (SSSR count). The Hall–Kier alpha value is -2.80. The van der Waals surface area contributed by atoms with Crippen molar-refractivity contribution in [3.63, 3.8) is 0 Å². The van der Waals surface area contributed by atoms with Gasteiger partial charge in [-0.2, -0.15) is 4.31 Å². The molecule has 1 atom stereocenters. The van der Waals surface area contributed by atoms with Crippen LogP contribution < -0.4 is 10.0 Å². The van der Waals surface area contributed by atoms with Gasteiger partial charge in [0.05, 0.1) is 16.3 Å². The van der Waals surface area contributed by atoms with Gasteiger partial charge in [0.2, 0.25) is 26.0 Å². The fourth-order valence-electron chi connectivity index (χ4n) is 3.70. The largest absolute Gasteiger partial charge is 0.480 e. The first-order valence-electron chi connectivity index (χ1n) is 12.4. The number of nitrogens with zero attached hydrogens (tertiary/aromatic N) is 1. The molecule has 0 saturated carbocycles. The lowest BCUT2D eigenvalue weighted by Crippen LogP contribution is -2.46. The van der Waals surface area contributed by atoms with E-state index in [1.165, 1.54) is 24.3 Å². The molecule has 2 aromatic carbocycles. The third kappa shape index (κ3) is 9.19. The second kappa shape index (κ2) is 13.8. The monoisotopic (exact) mass is 567 g/mol. The van der Waals surface area contributed by atoms with Crippen LogP contribution in [0, 0.1) is 19.8 Å². The van der Waals surface area contributed by atoms with Crippen LogP contribution >= 0.6 is 0 Å². The number of sulfonamides is 2. The van der Waals surface area contributed by atoms with Gasteiger partial charge >= 0.3 is 5.97 Å². The normalized spacial score (nSPS) is 13.0. The maximum Gasteiger partial charge on any atom is 0.322 e. The lowest BCUT2D eigenvalue weighted by molar-refractivity contribution is -0.142. The molecule has 10 nitrogen and oxygen atoms in total. The molecular weight excluding hydrogens is 530 g/mol. The third-order valence-corrected chi connectivity index (χ3v) is 9.09. The van der Waals surface area contributed by atoms with E-state index in [1.54, 1.807) is 24.3 Å². The highest BCUT2D eigenvalue weighted by atomic mass is 32.2. The van der Waals surface area contributed by atoms with Gasteiger partial charge in [-0.25, -0.2) is 21.6 Å². The standard InChI is InChI=1S/C26H37N3O7S2/c1-19(2)18-29(38(35,36)23-14-10-21(4)11-15-23)24(26(31)32)7-5-6-16-27-25(30)17-28-37(33,34)22-12-8-20(3)9-13-22/h8-15,19,24,28H,5-7,16-18H2,1-4H3,(H,27,30)(H,31,32)/t24-/m0/s1. The zero-order valence-electron chi connectivity index (χ0n) is 22.2. The first-order valence-corrected chi connectivity index (χ1v) is 15.3. The molecule has 0 saturated heterocycles. The molecule has 12 heteroatoms. The van der Waals surface area contributed by atoms with Crippen LogP contribution in [-0.4, -0.2) is 63.8 Å². The van der Waals surface area contributed by atoms with Crippen molar-refractivity contribution in [2.24, 2.45) is 5.92 Å². The number of nitrogens with one attached hydrogen (secondary N) is 2. The van der Waals surface area contributed by atoms with E-state index in [9.17, 15) is 31.5 Å². The summed E-state index contributed by atoms with van der Waals surface area (Å²) in [7, 11) is -7.87. The Balaban J connectivity index is 1.93. The fraction of sp³-hybridized carbons (Fsp3) is 0.462. The number of amides is 1. The van der Waals surface area contributed by atoms with E-state index in [1.807, 2.05) is 27.7 Å². The van der Waals surface area contributed by atoms with Gasteiger partial charge in [-0.15, -0.1) is 0 Å². The van der Waals surface area contributed by atoms with Crippen LogP contribution in [0.2, 0.25) is 0 Å². The molecule has 0 fully saturated rings. The number of aryl methyl sites for hydroxylation is 2. The molecule has 0 aliphatic carbocycles. The number of carboxylic acids is 1. The molecule has 210 valence electrons. The Labute approximate surface area is 225 Å². The predicted octanol–water partition coefficient (Wildman–Crippen LogP) is 2.67. The van der Waals surface area contributed by atoms with Gasteiger partial charge in [0, 0.05) is 13.1 Å². The van der Waals surface area contributed by atoms with Crippen LogP contribution in [0.3, 0.4) is 0 Å². The van der Waals surface area contributed by atoms with E-state index >= 15 is 0 Å². The molecule has 38 heavy (non-hydrogen) atoms. The molecule has 0 aliphatic heterocycles. The Morgan fingerprint density at radius 1 is 0.868 bits per heavy atom. The Morgan fingerprint density at radius 2 is 1.39 bits per heavy atom. The lowest BCUT2D eigenvalue weighted by atomic mass is 10.1. The van der Waals surface area contributed by atoms with E-state index in [2.05, 4.69) is 10.0 Å². The van der Waals surface area contributed by atoms with Gasteiger partial charge < -0.3 is 10.4 Å². The summed E-state index contributed by atoms with van der Waals surface area (Å²) in [5, 5.41) is 12.5. The number of aliphatic carboxylic acids is 1. The average Bonchev–Trinajstić information content (AvgIpc) is 2.84. The molecule has 0 heterocycles. The highest BCUT2D eigenvalue weighted by Crippen LogP contribution is 2.23. The summed E-state index contributed by atoms with van der Waals surface area (Å²) < 4.78 is 54.5. The topological polar surface area (TPSA) is 150 Å². The Kier molecular flexibility index (Phi) is 11.4. The molecule has 0 aromatic heterocycles. The maximum absolute atomic E-state index is 13.3. The Morgan fingerprint density at radius 3 is 1.89 bits per heavy atom. The van der Waals surface area contributed by atoms with Crippen LogP contribution in [0.5, 0.6) is 0 Å². The van der Waals surface area contributed by atoms with Crippen molar-refractivity contribution in [2.45, 2.75) is 62.8 Å². The summed E-state index contributed by atoms with van der Waals surface area (Å²) in [6.45, 7) is 7.10. The van der Waals surface area contributed by atoms with Crippen molar-refractivity contribution < 1.29 is 31.5 Å². The SMILES string of the molecule is Cc1ccc(S(=O)(=O)NCC(=O)NCCCC[C@@H](C(=O)O)N(CC(C)C)S(=O)(=O)c2ccc(C)cc2)cc1. The van der Waals surface area contributed by atoms with E-state index in [0.29, 0.717) is 12.8 Å². The molecule has 0 bridgehead atoms. The summed E-state index contributed by atoms with van der Waals surface area (Å²) in [5.41, 5.74) is 1.80. The smallest absolute Gasteiger partial charge is 0.322 e. The second-order valence-electron chi connectivity index (χ2n) is 9.62. The molecule has 2 aromatic rings. The molecule has 0 spiro atoms.